The molecule has 4 nitrogen and oxygen atoms in total. The third kappa shape index (κ3) is 3.59. The molecule has 1 aromatic carbocycles. The van der Waals surface area contributed by atoms with Crippen LogP contribution in [0.1, 0.15) is 18.4 Å². The second-order valence-corrected chi connectivity index (χ2v) is 6.39. The van der Waals surface area contributed by atoms with Gasteiger partial charge in [-0.15, -0.1) is 0 Å². The van der Waals surface area contributed by atoms with Crippen molar-refractivity contribution in [1.29, 1.82) is 0 Å². The van der Waals surface area contributed by atoms with Gasteiger partial charge in [-0.2, -0.15) is 0 Å². The Kier molecular flexibility index (Phi) is 4.38. The molecule has 0 aromatic heterocycles. The van der Waals surface area contributed by atoms with Crippen LogP contribution in [-0.2, 0) is 16.1 Å². The molecule has 1 atom stereocenters. The lowest BCUT2D eigenvalue weighted by atomic mass is 10.1. The Balaban J connectivity index is 1.66. The molecule has 1 amide bonds. The minimum Gasteiger partial charge on any atom is -0.378 e. The zero-order valence-corrected chi connectivity index (χ0v) is 12.9. The van der Waals surface area contributed by atoms with Crippen molar-refractivity contribution in [1.82, 2.24) is 10.2 Å². The first-order valence-electron chi connectivity index (χ1n) is 7.09. The number of morpholine rings is 1. The topological polar surface area (TPSA) is 41.6 Å². The van der Waals surface area contributed by atoms with Gasteiger partial charge in [0.05, 0.1) is 13.2 Å². The molecule has 1 saturated carbocycles. The van der Waals surface area contributed by atoms with Crippen molar-refractivity contribution in [2.24, 2.45) is 0 Å². The van der Waals surface area contributed by atoms with Crippen molar-refractivity contribution in [3.63, 3.8) is 0 Å². The molecule has 1 N–H and O–H groups in total. The van der Waals surface area contributed by atoms with Gasteiger partial charge in [0.1, 0.15) is 6.04 Å². The fourth-order valence-electron chi connectivity index (χ4n) is 2.46. The van der Waals surface area contributed by atoms with E-state index in [4.69, 9.17) is 4.74 Å². The van der Waals surface area contributed by atoms with Gasteiger partial charge in [-0.1, -0.05) is 28.1 Å². The first-order chi connectivity index (χ1) is 9.72. The summed E-state index contributed by atoms with van der Waals surface area (Å²) in [5.41, 5.74) is 1.21. The molecule has 2 fully saturated rings. The van der Waals surface area contributed by atoms with E-state index in [2.05, 4.69) is 38.3 Å². The number of rotatable bonds is 4. The molecule has 1 aliphatic carbocycles. The fourth-order valence-corrected chi connectivity index (χ4v) is 2.91. The maximum atomic E-state index is 12.3. The zero-order valence-electron chi connectivity index (χ0n) is 11.3. The summed E-state index contributed by atoms with van der Waals surface area (Å²) < 4.78 is 6.56. The molecule has 2 aliphatic rings. The number of halogens is 1. The van der Waals surface area contributed by atoms with Crippen LogP contribution >= 0.6 is 15.9 Å². The van der Waals surface area contributed by atoms with Crippen LogP contribution in [0.2, 0.25) is 0 Å². The Morgan fingerprint density at radius 3 is 3.05 bits per heavy atom. The first kappa shape index (κ1) is 14.0. The maximum Gasteiger partial charge on any atom is 0.239 e. The van der Waals surface area contributed by atoms with E-state index in [9.17, 15) is 4.79 Å². The summed E-state index contributed by atoms with van der Waals surface area (Å²) in [5.74, 6) is 0.113. The molecule has 0 bridgehead atoms. The molecule has 1 saturated heterocycles. The van der Waals surface area contributed by atoms with E-state index < -0.39 is 0 Å². The number of hydrogen-bond acceptors (Lipinski definition) is 3. The molecular formula is C15H19BrN2O2. The monoisotopic (exact) mass is 338 g/mol. The molecule has 20 heavy (non-hydrogen) atoms. The van der Waals surface area contributed by atoms with Crippen molar-refractivity contribution in [2.75, 3.05) is 19.8 Å². The number of ether oxygens (including phenoxy) is 1. The van der Waals surface area contributed by atoms with E-state index in [1.165, 1.54) is 5.56 Å². The quantitative estimate of drug-likeness (QED) is 0.911. The van der Waals surface area contributed by atoms with Gasteiger partial charge in [-0.05, 0) is 30.5 Å². The van der Waals surface area contributed by atoms with Gasteiger partial charge >= 0.3 is 0 Å². The van der Waals surface area contributed by atoms with Gasteiger partial charge in [0.15, 0.2) is 0 Å². The number of nitrogens with zero attached hydrogens (tertiary/aromatic N) is 1. The van der Waals surface area contributed by atoms with Crippen LogP contribution in [0.15, 0.2) is 28.7 Å². The van der Waals surface area contributed by atoms with Crippen LogP contribution in [-0.4, -0.2) is 42.6 Å². The first-order valence-corrected chi connectivity index (χ1v) is 7.88. The van der Waals surface area contributed by atoms with Gasteiger partial charge in [0.2, 0.25) is 5.91 Å². The highest BCUT2D eigenvalue weighted by Gasteiger charge is 2.33. The average Bonchev–Trinajstić information content (AvgIpc) is 3.23. The van der Waals surface area contributed by atoms with E-state index in [-0.39, 0.29) is 11.9 Å². The minimum absolute atomic E-state index is 0.113. The largest absolute Gasteiger partial charge is 0.378 e. The van der Waals surface area contributed by atoms with Crippen molar-refractivity contribution < 1.29 is 9.53 Å². The summed E-state index contributed by atoms with van der Waals surface area (Å²) in [6, 6.07) is 8.47. The number of benzene rings is 1. The van der Waals surface area contributed by atoms with E-state index in [0.29, 0.717) is 19.3 Å². The smallest absolute Gasteiger partial charge is 0.239 e. The molecule has 1 unspecified atom stereocenters. The number of carbonyl (C=O) groups excluding carboxylic acids is 1. The second kappa shape index (κ2) is 6.24. The third-order valence-corrected chi connectivity index (χ3v) is 4.23. The van der Waals surface area contributed by atoms with Crippen molar-refractivity contribution in [2.45, 2.75) is 31.5 Å². The van der Waals surface area contributed by atoms with Gasteiger partial charge in [-0.3, -0.25) is 9.69 Å². The van der Waals surface area contributed by atoms with Gasteiger partial charge in [-0.25, -0.2) is 0 Å². The lowest BCUT2D eigenvalue weighted by Crippen LogP contribution is -2.53. The van der Waals surface area contributed by atoms with Gasteiger partial charge < -0.3 is 10.1 Å². The lowest BCUT2D eigenvalue weighted by molar-refractivity contribution is -0.133. The van der Waals surface area contributed by atoms with Crippen LogP contribution < -0.4 is 5.32 Å². The average molecular weight is 339 g/mol. The Bertz CT molecular complexity index is 491. The van der Waals surface area contributed by atoms with Crippen LogP contribution in [0.25, 0.3) is 0 Å². The predicted molar refractivity (Wildman–Crippen MR) is 80.3 cm³/mol. The van der Waals surface area contributed by atoms with Crippen LogP contribution in [0.4, 0.5) is 0 Å². The molecule has 1 aromatic rings. The standard InChI is InChI=1S/C15H19BrN2O2/c16-12-3-1-2-11(8-12)9-18-6-7-20-10-14(18)15(19)17-13-4-5-13/h1-3,8,13-14H,4-7,9-10H2,(H,17,19). The van der Waals surface area contributed by atoms with E-state index in [1.54, 1.807) is 0 Å². The molecule has 1 aliphatic heterocycles. The molecule has 0 spiro atoms. The third-order valence-electron chi connectivity index (χ3n) is 3.74. The van der Waals surface area contributed by atoms with Crippen molar-refractivity contribution in [3.8, 4) is 0 Å². The number of nitrogens with one attached hydrogen (secondary N) is 1. The lowest BCUT2D eigenvalue weighted by Gasteiger charge is -2.34. The highest BCUT2D eigenvalue weighted by Crippen LogP contribution is 2.21. The molecule has 3 rings (SSSR count). The summed E-state index contributed by atoms with van der Waals surface area (Å²) in [4.78, 5) is 14.5. The summed E-state index contributed by atoms with van der Waals surface area (Å²) in [7, 11) is 0. The second-order valence-electron chi connectivity index (χ2n) is 5.47. The highest BCUT2D eigenvalue weighted by atomic mass is 79.9. The maximum absolute atomic E-state index is 12.3. The summed E-state index contributed by atoms with van der Waals surface area (Å²) in [6.45, 7) is 2.77. The summed E-state index contributed by atoms with van der Waals surface area (Å²) in [5, 5.41) is 3.08. The zero-order chi connectivity index (χ0) is 13.9. The Labute approximate surface area is 127 Å². The van der Waals surface area contributed by atoms with E-state index in [1.807, 2.05) is 12.1 Å². The SMILES string of the molecule is O=C(NC1CC1)C1COCCN1Cc1cccc(Br)c1. The normalized spacial score (nSPS) is 23.6. The Hall–Kier alpha value is -0.910. The van der Waals surface area contributed by atoms with Crippen molar-refractivity contribution >= 4 is 21.8 Å². The predicted octanol–water partition coefficient (Wildman–Crippen LogP) is 1.93. The van der Waals surface area contributed by atoms with Crippen LogP contribution in [0, 0.1) is 0 Å². The summed E-state index contributed by atoms with van der Waals surface area (Å²) in [6.07, 6.45) is 2.23. The van der Waals surface area contributed by atoms with Gasteiger partial charge in [0.25, 0.3) is 0 Å². The van der Waals surface area contributed by atoms with E-state index in [0.717, 1.165) is 30.4 Å². The van der Waals surface area contributed by atoms with Crippen LogP contribution in [0.3, 0.4) is 0 Å². The van der Waals surface area contributed by atoms with Crippen molar-refractivity contribution in [3.05, 3.63) is 34.3 Å². The number of hydrogen-bond donors (Lipinski definition) is 1. The van der Waals surface area contributed by atoms with Crippen LogP contribution in [0.5, 0.6) is 0 Å². The molecule has 5 heteroatoms. The van der Waals surface area contributed by atoms with Gasteiger partial charge in [0, 0.05) is 23.6 Å². The fraction of sp³-hybridized carbons (Fsp3) is 0.533. The minimum atomic E-state index is -0.164. The summed E-state index contributed by atoms with van der Waals surface area (Å²) >= 11 is 3.49. The number of amides is 1. The number of carbonyl (C=O) groups is 1. The van der Waals surface area contributed by atoms with E-state index >= 15 is 0 Å². The molecule has 0 radical (unpaired) electrons. The molecule has 108 valence electrons. The highest BCUT2D eigenvalue weighted by molar-refractivity contribution is 9.10. The molecule has 1 heterocycles. The molecular weight excluding hydrogens is 320 g/mol. The Morgan fingerprint density at radius 1 is 1.45 bits per heavy atom. The Morgan fingerprint density at radius 2 is 2.30 bits per heavy atom.